The van der Waals surface area contributed by atoms with E-state index in [0.29, 0.717) is 39.4 Å². The van der Waals surface area contributed by atoms with Crippen LogP contribution in [-0.4, -0.2) is 41.9 Å². The van der Waals surface area contributed by atoms with Crippen molar-refractivity contribution in [3.63, 3.8) is 0 Å². The van der Waals surface area contributed by atoms with Crippen LogP contribution in [0.15, 0.2) is 47.5 Å². The first-order valence-corrected chi connectivity index (χ1v) is 12.3. The van der Waals surface area contributed by atoms with E-state index in [2.05, 4.69) is 20.6 Å². The van der Waals surface area contributed by atoms with Crippen LogP contribution in [0.2, 0.25) is 5.02 Å². The van der Waals surface area contributed by atoms with Crippen molar-refractivity contribution in [2.75, 3.05) is 7.11 Å². The minimum absolute atomic E-state index is 0.0484. The van der Waals surface area contributed by atoms with Crippen LogP contribution in [0, 0.1) is 17.2 Å². The minimum atomic E-state index is -1.00. The lowest BCUT2D eigenvalue weighted by Crippen LogP contribution is -2.50. The Balaban J connectivity index is 1.33. The van der Waals surface area contributed by atoms with Gasteiger partial charge in [-0.2, -0.15) is 5.26 Å². The van der Waals surface area contributed by atoms with Crippen molar-refractivity contribution in [3.05, 3.63) is 63.8 Å². The molecule has 2 heterocycles. The number of benzene rings is 2. The fourth-order valence-corrected chi connectivity index (χ4v) is 4.85. The van der Waals surface area contributed by atoms with Crippen molar-refractivity contribution in [2.24, 2.45) is 10.9 Å². The molecule has 0 saturated heterocycles. The van der Waals surface area contributed by atoms with Gasteiger partial charge in [0, 0.05) is 28.1 Å². The van der Waals surface area contributed by atoms with E-state index in [-0.39, 0.29) is 12.0 Å². The number of nitrogens with zero attached hydrogens (tertiary/aromatic N) is 2. The largest absolute Gasteiger partial charge is 0.496 e. The lowest BCUT2D eigenvalue weighted by molar-refractivity contribution is -0.123. The van der Waals surface area contributed by atoms with Crippen LogP contribution >= 0.6 is 11.6 Å². The molecule has 2 aliphatic rings. The number of halogens is 1. The standard InChI is InChI=1S/C27H24ClN5O4/c1-37-23-7-3-5-19-16(23)12-22(31-19)27(36)33-21(10-14-8-9-14)26(35)30-15(13-29)11-17-24-18(28)4-2-6-20(24)32-25(17)34/h2-7,12,14-15,21,31H,8-11H2,1H3,(H,30,35)(H,33,36)/t15-,21-/m0/s1. The third-order valence-electron chi connectivity index (χ3n) is 6.63. The summed E-state index contributed by atoms with van der Waals surface area (Å²) in [4.78, 5) is 45.8. The van der Waals surface area contributed by atoms with Gasteiger partial charge in [-0.05, 0) is 42.7 Å². The van der Waals surface area contributed by atoms with Gasteiger partial charge in [-0.1, -0.05) is 36.6 Å². The van der Waals surface area contributed by atoms with Gasteiger partial charge in [0.25, 0.3) is 11.8 Å². The smallest absolute Gasteiger partial charge is 0.274 e. The highest BCUT2D eigenvalue weighted by Gasteiger charge is 2.32. The van der Waals surface area contributed by atoms with Gasteiger partial charge in [-0.25, -0.2) is 4.99 Å². The van der Waals surface area contributed by atoms with Gasteiger partial charge in [-0.3, -0.25) is 14.4 Å². The molecule has 0 bridgehead atoms. The van der Waals surface area contributed by atoms with Crippen LogP contribution in [0.4, 0.5) is 0 Å². The fraction of sp³-hybridized carbons (Fsp3) is 0.296. The highest BCUT2D eigenvalue weighted by atomic mass is 35.5. The number of ether oxygens (including phenoxy) is 1. The summed E-state index contributed by atoms with van der Waals surface area (Å²) in [5, 5.41) is 17.3. The van der Waals surface area contributed by atoms with Gasteiger partial charge >= 0.3 is 0 Å². The maximum Gasteiger partial charge on any atom is 0.274 e. The molecule has 0 radical (unpaired) electrons. The highest BCUT2D eigenvalue weighted by Crippen LogP contribution is 2.34. The van der Waals surface area contributed by atoms with E-state index in [4.69, 9.17) is 16.3 Å². The van der Waals surface area contributed by atoms with Crippen molar-refractivity contribution in [1.29, 1.82) is 5.26 Å². The molecule has 1 saturated carbocycles. The number of rotatable bonds is 9. The zero-order valence-electron chi connectivity index (χ0n) is 20.0. The number of amides is 3. The van der Waals surface area contributed by atoms with E-state index in [1.54, 1.807) is 37.4 Å². The number of methoxy groups -OCH3 is 1. The third-order valence-corrected chi connectivity index (χ3v) is 6.95. The number of fused-ring (bicyclic) bond motifs is 2. The summed E-state index contributed by atoms with van der Waals surface area (Å²) in [6, 6.07) is 12.4. The molecule has 0 unspecified atom stereocenters. The monoisotopic (exact) mass is 517 g/mol. The van der Waals surface area contributed by atoms with Crippen molar-refractivity contribution < 1.29 is 19.1 Å². The van der Waals surface area contributed by atoms with E-state index in [1.165, 1.54) is 0 Å². The first kappa shape index (κ1) is 24.5. The summed E-state index contributed by atoms with van der Waals surface area (Å²) in [6.07, 6.45) is 2.37. The second-order valence-corrected chi connectivity index (χ2v) is 9.64. The van der Waals surface area contributed by atoms with Crippen LogP contribution in [0.25, 0.3) is 16.5 Å². The number of nitrogens with one attached hydrogen (secondary N) is 3. The van der Waals surface area contributed by atoms with Crippen LogP contribution in [0.1, 0.15) is 36.2 Å². The maximum atomic E-state index is 13.2. The molecule has 3 aromatic rings. The molecule has 5 rings (SSSR count). The van der Waals surface area contributed by atoms with Crippen molar-refractivity contribution >= 4 is 45.8 Å². The molecular weight excluding hydrogens is 494 g/mol. The molecule has 188 valence electrons. The summed E-state index contributed by atoms with van der Waals surface area (Å²) in [7, 11) is 1.56. The van der Waals surface area contributed by atoms with Crippen LogP contribution in [0.3, 0.4) is 0 Å². The zero-order valence-corrected chi connectivity index (χ0v) is 20.8. The molecule has 2 atom stereocenters. The lowest BCUT2D eigenvalue weighted by atomic mass is 10.0. The molecule has 1 fully saturated rings. The van der Waals surface area contributed by atoms with Gasteiger partial charge < -0.3 is 20.4 Å². The van der Waals surface area contributed by atoms with Gasteiger partial charge in [0.2, 0.25) is 5.91 Å². The highest BCUT2D eigenvalue weighted by molar-refractivity contribution is 6.32. The molecular formula is C27H24ClN5O4. The number of hydrogen-bond donors (Lipinski definition) is 3. The number of aromatic amines is 1. The summed E-state index contributed by atoms with van der Waals surface area (Å²) < 4.78 is 5.36. The van der Waals surface area contributed by atoms with Crippen molar-refractivity contribution in [1.82, 2.24) is 15.6 Å². The average molecular weight is 518 g/mol. The molecule has 0 spiro atoms. The molecule has 3 N–H and O–H groups in total. The van der Waals surface area contributed by atoms with Crippen LogP contribution in [-0.2, 0) is 9.59 Å². The molecule has 9 nitrogen and oxygen atoms in total. The number of carbonyl (C=O) groups is 3. The van der Waals surface area contributed by atoms with Gasteiger partial charge in [-0.15, -0.1) is 0 Å². The summed E-state index contributed by atoms with van der Waals surface area (Å²) >= 11 is 6.28. The number of hydrogen-bond acceptors (Lipinski definition) is 5. The Morgan fingerprint density at radius 3 is 2.76 bits per heavy atom. The lowest BCUT2D eigenvalue weighted by Gasteiger charge is -2.20. The number of aromatic nitrogens is 1. The van der Waals surface area contributed by atoms with Crippen molar-refractivity contribution in [3.8, 4) is 11.8 Å². The van der Waals surface area contributed by atoms with Crippen LogP contribution in [0.5, 0.6) is 5.75 Å². The first-order chi connectivity index (χ1) is 17.9. The molecule has 1 aliphatic heterocycles. The maximum absolute atomic E-state index is 13.2. The normalized spacial score (nSPS) is 15.9. The summed E-state index contributed by atoms with van der Waals surface area (Å²) in [6.45, 7) is 0. The van der Waals surface area contributed by atoms with E-state index < -0.39 is 29.8 Å². The minimum Gasteiger partial charge on any atom is -0.496 e. The fourth-order valence-electron chi connectivity index (χ4n) is 4.57. The zero-order chi connectivity index (χ0) is 26.1. The predicted molar refractivity (Wildman–Crippen MR) is 136 cm³/mol. The van der Waals surface area contributed by atoms with E-state index >= 15 is 0 Å². The van der Waals surface area contributed by atoms with E-state index in [9.17, 15) is 19.6 Å². The Hall–Kier alpha value is -4.16. The predicted octanol–water partition coefficient (Wildman–Crippen LogP) is 2.14. The van der Waals surface area contributed by atoms with Crippen LogP contribution < -0.4 is 25.9 Å². The molecule has 10 heteroatoms. The second-order valence-electron chi connectivity index (χ2n) is 9.23. The van der Waals surface area contributed by atoms with Gasteiger partial charge in [0.15, 0.2) is 0 Å². The molecule has 1 aliphatic carbocycles. The summed E-state index contributed by atoms with van der Waals surface area (Å²) in [5.74, 6) is -0.441. The van der Waals surface area contributed by atoms with E-state index in [0.717, 1.165) is 23.7 Å². The Kier molecular flexibility index (Phi) is 6.68. The van der Waals surface area contributed by atoms with E-state index in [1.807, 2.05) is 18.2 Å². The Morgan fingerprint density at radius 1 is 1.24 bits per heavy atom. The second kappa shape index (κ2) is 10.1. The number of nitriles is 1. The third kappa shape index (κ3) is 5.06. The SMILES string of the molecule is COc1cccc2[nH]c(C(=O)N[C@@H](CC3CC3)C(=O)N[C@H](C#N)CC3=c4c(Cl)cccc4=NC3=O)cc12. The molecule has 2 aromatic carbocycles. The topological polar surface area (TPSA) is 136 Å². The number of H-pyrrole nitrogens is 1. The van der Waals surface area contributed by atoms with Crippen molar-refractivity contribution in [2.45, 2.75) is 37.8 Å². The Bertz CT molecular complexity index is 1580. The number of carbonyl (C=O) groups excluding carboxylic acids is 3. The first-order valence-electron chi connectivity index (χ1n) is 11.9. The molecule has 1 aromatic heterocycles. The summed E-state index contributed by atoms with van der Waals surface area (Å²) in [5.41, 5.74) is 1.31. The van der Waals surface area contributed by atoms with Gasteiger partial charge in [0.1, 0.15) is 23.5 Å². The van der Waals surface area contributed by atoms with Gasteiger partial charge in [0.05, 0.1) is 23.6 Å². The Labute approximate surface area is 217 Å². The quantitative estimate of drug-likeness (QED) is 0.399. The molecule has 3 amide bonds. The molecule has 37 heavy (non-hydrogen) atoms. The Morgan fingerprint density at radius 2 is 2.03 bits per heavy atom. The average Bonchev–Trinajstić information content (AvgIpc) is 3.49.